The molecule has 1 aromatic heterocycles. The molecule has 3 rings (SSSR count). The van der Waals surface area contributed by atoms with Gasteiger partial charge in [0.05, 0.1) is 13.2 Å². The molecule has 0 saturated heterocycles. The van der Waals surface area contributed by atoms with E-state index in [0.717, 1.165) is 42.8 Å². The first-order valence-electron chi connectivity index (χ1n) is 10.4. The Morgan fingerprint density at radius 2 is 2.03 bits per heavy atom. The Bertz CT molecular complexity index is 830. The van der Waals surface area contributed by atoms with Crippen molar-refractivity contribution < 1.29 is 14.3 Å². The zero-order valence-electron chi connectivity index (χ0n) is 17.1. The highest BCUT2D eigenvalue weighted by Gasteiger charge is 2.27. The molecule has 0 aliphatic heterocycles. The summed E-state index contributed by atoms with van der Waals surface area (Å²) < 4.78 is 5.02. The molecule has 156 valence electrons. The number of rotatable bonds is 7. The van der Waals surface area contributed by atoms with E-state index in [1.54, 1.807) is 12.3 Å². The molecular weight excluding hydrogens is 386 g/mol. The number of aromatic nitrogens is 1. The summed E-state index contributed by atoms with van der Waals surface area (Å²) >= 11 is 1.39. The number of nitrogens with zero attached hydrogens (tertiary/aromatic N) is 2. The van der Waals surface area contributed by atoms with Crippen LogP contribution < -0.4 is 5.32 Å². The SMILES string of the molecule is CCOC(=O)c1csc(CN(C(=O)Nc2cccc(CC)c2)C2CCCCC2)n1. The van der Waals surface area contributed by atoms with Gasteiger partial charge in [0.15, 0.2) is 5.69 Å². The van der Waals surface area contributed by atoms with Gasteiger partial charge in [0.25, 0.3) is 0 Å². The highest BCUT2D eigenvalue weighted by molar-refractivity contribution is 7.09. The van der Waals surface area contributed by atoms with Gasteiger partial charge in [-0.2, -0.15) is 0 Å². The van der Waals surface area contributed by atoms with Crippen molar-refractivity contribution in [2.24, 2.45) is 0 Å². The van der Waals surface area contributed by atoms with Gasteiger partial charge < -0.3 is 15.0 Å². The third-order valence-electron chi connectivity index (χ3n) is 5.20. The van der Waals surface area contributed by atoms with E-state index < -0.39 is 5.97 Å². The Hall–Kier alpha value is -2.41. The number of amides is 2. The van der Waals surface area contributed by atoms with Crippen LogP contribution in [0.2, 0.25) is 0 Å². The summed E-state index contributed by atoms with van der Waals surface area (Å²) in [6.45, 7) is 4.58. The number of thiazole rings is 1. The summed E-state index contributed by atoms with van der Waals surface area (Å²) in [5.41, 5.74) is 2.30. The van der Waals surface area contributed by atoms with Crippen LogP contribution in [-0.2, 0) is 17.7 Å². The second-order valence-corrected chi connectivity index (χ2v) is 8.19. The van der Waals surface area contributed by atoms with Crippen molar-refractivity contribution in [2.75, 3.05) is 11.9 Å². The Labute approximate surface area is 176 Å². The number of aryl methyl sites for hydroxylation is 1. The largest absolute Gasteiger partial charge is 0.461 e. The lowest BCUT2D eigenvalue weighted by atomic mass is 9.94. The standard InChI is InChI=1S/C22H29N3O3S/c1-3-16-9-8-10-17(13-16)23-22(27)25(18-11-6-5-7-12-18)14-20-24-19(15-29-20)21(26)28-4-2/h8-10,13,15,18H,3-7,11-12,14H2,1-2H3,(H,23,27). The summed E-state index contributed by atoms with van der Waals surface area (Å²) in [6, 6.07) is 8.02. The van der Waals surface area contributed by atoms with E-state index in [9.17, 15) is 9.59 Å². The molecule has 0 bridgehead atoms. The van der Waals surface area contributed by atoms with Crippen molar-refractivity contribution in [1.29, 1.82) is 0 Å². The van der Waals surface area contributed by atoms with Gasteiger partial charge >= 0.3 is 12.0 Å². The van der Waals surface area contributed by atoms with Crippen LogP contribution in [0.15, 0.2) is 29.6 Å². The topological polar surface area (TPSA) is 71.5 Å². The van der Waals surface area contributed by atoms with Crippen molar-refractivity contribution in [1.82, 2.24) is 9.88 Å². The van der Waals surface area contributed by atoms with Crippen molar-refractivity contribution in [2.45, 2.75) is 65.0 Å². The zero-order valence-corrected chi connectivity index (χ0v) is 18.0. The third kappa shape index (κ3) is 5.79. The highest BCUT2D eigenvalue weighted by Crippen LogP contribution is 2.26. The molecule has 0 unspecified atom stereocenters. The van der Waals surface area contributed by atoms with Gasteiger partial charge in [0.2, 0.25) is 0 Å². The molecule has 0 radical (unpaired) electrons. The van der Waals surface area contributed by atoms with Gasteiger partial charge in [-0.05, 0) is 43.9 Å². The second-order valence-electron chi connectivity index (χ2n) is 7.25. The number of nitrogens with one attached hydrogen (secondary N) is 1. The lowest BCUT2D eigenvalue weighted by molar-refractivity contribution is 0.0520. The van der Waals surface area contributed by atoms with Gasteiger partial charge in [-0.15, -0.1) is 11.3 Å². The van der Waals surface area contributed by atoms with Gasteiger partial charge in [0, 0.05) is 17.1 Å². The number of urea groups is 1. The predicted octanol–water partition coefficient (Wildman–Crippen LogP) is 5.25. The maximum absolute atomic E-state index is 13.2. The van der Waals surface area contributed by atoms with E-state index in [2.05, 4.69) is 23.3 Å². The first-order chi connectivity index (χ1) is 14.1. The van der Waals surface area contributed by atoms with E-state index >= 15 is 0 Å². The molecule has 1 N–H and O–H groups in total. The average molecular weight is 416 g/mol. The lowest BCUT2D eigenvalue weighted by Crippen LogP contribution is -2.43. The molecule has 6 nitrogen and oxygen atoms in total. The van der Waals surface area contributed by atoms with E-state index in [-0.39, 0.29) is 12.1 Å². The predicted molar refractivity (Wildman–Crippen MR) is 115 cm³/mol. The molecule has 29 heavy (non-hydrogen) atoms. The van der Waals surface area contributed by atoms with Crippen LogP contribution >= 0.6 is 11.3 Å². The first kappa shape index (κ1) is 21.3. The molecule has 1 saturated carbocycles. The van der Waals surface area contributed by atoms with Crippen LogP contribution in [-0.4, -0.2) is 34.5 Å². The fourth-order valence-electron chi connectivity index (χ4n) is 3.65. The van der Waals surface area contributed by atoms with Crippen LogP contribution in [0.4, 0.5) is 10.5 Å². The Kier molecular flexibility index (Phi) is 7.63. The summed E-state index contributed by atoms with van der Waals surface area (Å²) in [6.07, 6.45) is 6.40. The molecule has 1 aromatic carbocycles. The molecular formula is C22H29N3O3S. The van der Waals surface area contributed by atoms with Crippen LogP contribution in [0.25, 0.3) is 0 Å². The van der Waals surface area contributed by atoms with Crippen LogP contribution in [0.1, 0.15) is 67.0 Å². The Morgan fingerprint density at radius 3 is 2.76 bits per heavy atom. The molecule has 1 heterocycles. The third-order valence-corrected chi connectivity index (χ3v) is 6.04. The molecule has 2 amide bonds. The summed E-state index contributed by atoms with van der Waals surface area (Å²) in [5.74, 6) is -0.417. The fourth-order valence-corrected chi connectivity index (χ4v) is 4.41. The Morgan fingerprint density at radius 1 is 1.24 bits per heavy atom. The van der Waals surface area contributed by atoms with Crippen LogP contribution in [0.3, 0.4) is 0 Å². The quantitative estimate of drug-likeness (QED) is 0.627. The molecule has 1 aliphatic carbocycles. The first-order valence-corrected chi connectivity index (χ1v) is 11.3. The fraction of sp³-hybridized carbons (Fsp3) is 0.500. The van der Waals surface area contributed by atoms with Crippen molar-refractivity contribution in [3.05, 3.63) is 45.9 Å². The molecule has 1 aliphatic rings. The summed E-state index contributed by atoms with van der Waals surface area (Å²) in [4.78, 5) is 31.4. The second kappa shape index (κ2) is 10.4. The number of carbonyl (C=O) groups is 2. The monoisotopic (exact) mass is 415 g/mol. The van der Waals surface area contributed by atoms with Gasteiger partial charge in [-0.1, -0.05) is 38.3 Å². The molecule has 0 spiro atoms. The molecule has 7 heteroatoms. The number of carbonyl (C=O) groups excluding carboxylic acids is 2. The van der Waals surface area contributed by atoms with Crippen molar-refractivity contribution >= 4 is 29.0 Å². The number of hydrogen-bond acceptors (Lipinski definition) is 5. The number of esters is 1. The zero-order chi connectivity index (χ0) is 20.6. The maximum atomic E-state index is 13.2. The normalized spacial score (nSPS) is 14.4. The number of benzene rings is 1. The maximum Gasteiger partial charge on any atom is 0.357 e. The van der Waals surface area contributed by atoms with Gasteiger partial charge in [-0.3, -0.25) is 0 Å². The molecule has 0 atom stereocenters. The number of hydrogen-bond donors (Lipinski definition) is 1. The van der Waals surface area contributed by atoms with E-state index in [1.807, 2.05) is 23.1 Å². The number of ether oxygens (including phenoxy) is 1. The van der Waals surface area contributed by atoms with E-state index in [1.165, 1.54) is 23.3 Å². The minimum Gasteiger partial charge on any atom is -0.461 e. The smallest absolute Gasteiger partial charge is 0.357 e. The summed E-state index contributed by atoms with van der Waals surface area (Å²) in [7, 11) is 0. The summed E-state index contributed by atoms with van der Waals surface area (Å²) in [5, 5.41) is 5.51. The van der Waals surface area contributed by atoms with Crippen molar-refractivity contribution in [3.8, 4) is 0 Å². The van der Waals surface area contributed by atoms with Gasteiger partial charge in [0.1, 0.15) is 5.01 Å². The lowest BCUT2D eigenvalue weighted by Gasteiger charge is -2.34. The van der Waals surface area contributed by atoms with E-state index in [4.69, 9.17) is 4.74 Å². The Balaban J connectivity index is 1.75. The minimum atomic E-state index is -0.417. The molecule has 1 fully saturated rings. The van der Waals surface area contributed by atoms with E-state index in [0.29, 0.717) is 18.8 Å². The highest BCUT2D eigenvalue weighted by atomic mass is 32.1. The van der Waals surface area contributed by atoms with Crippen LogP contribution in [0, 0.1) is 0 Å². The molecule has 2 aromatic rings. The average Bonchev–Trinajstić information content (AvgIpc) is 3.22. The minimum absolute atomic E-state index is 0.113. The van der Waals surface area contributed by atoms with Crippen LogP contribution in [0.5, 0.6) is 0 Å². The number of anilines is 1. The van der Waals surface area contributed by atoms with Gasteiger partial charge in [-0.25, -0.2) is 14.6 Å². The van der Waals surface area contributed by atoms with Crippen molar-refractivity contribution in [3.63, 3.8) is 0 Å².